The van der Waals surface area contributed by atoms with E-state index in [9.17, 15) is 5.26 Å². The molecule has 1 fully saturated rings. The van der Waals surface area contributed by atoms with Gasteiger partial charge in [-0.1, -0.05) is 30.3 Å². The molecule has 1 aromatic rings. The number of hydrogen-bond donors (Lipinski definition) is 0. The Labute approximate surface area is 129 Å². The Kier molecular flexibility index (Phi) is 5.78. The van der Waals surface area contributed by atoms with Crippen LogP contribution in [-0.2, 0) is 6.42 Å². The van der Waals surface area contributed by atoms with Gasteiger partial charge in [0.15, 0.2) is 0 Å². The van der Waals surface area contributed by atoms with Gasteiger partial charge in [-0.3, -0.25) is 4.90 Å². The molecular weight excluding hydrogens is 258 g/mol. The third kappa shape index (κ3) is 4.84. The van der Waals surface area contributed by atoms with Crippen LogP contribution in [0.2, 0.25) is 0 Å². The Morgan fingerprint density at radius 1 is 1.05 bits per heavy atom. The molecule has 114 valence electrons. The second-order valence-corrected chi connectivity index (χ2v) is 6.44. The lowest BCUT2D eigenvalue weighted by atomic mass is 10.0. The maximum Gasteiger partial charge on any atom is 0.103 e. The molecule has 0 aromatic heterocycles. The van der Waals surface area contributed by atoms with Crippen molar-refractivity contribution in [1.29, 1.82) is 5.26 Å². The number of unbranched alkanes of at least 4 members (excludes halogenated alkanes) is 1. The second-order valence-electron chi connectivity index (χ2n) is 6.44. The summed E-state index contributed by atoms with van der Waals surface area (Å²) in [6.07, 6.45) is 3.70. The van der Waals surface area contributed by atoms with Gasteiger partial charge in [-0.25, -0.2) is 0 Å². The molecule has 0 bridgehead atoms. The number of nitriles is 1. The van der Waals surface area contributed by atoms with E-state index < -0.39 is 0 Å². The van der Waals surface area contributed by atoms with Crippen LogP contribution in [0.4, 0.5) is 0 Å². The first kappa shape index (κ1) is 16.0. The molecule has 1 heterocycles. The molecule has 1 aliphatic heterocycles. The van der Waals surface area contributed by atoms with E-state index >= 15 is 0 Å². The second kappa shape index (κ2) is 7.59. The van der Waals surface area contributed by atoms with Crippen molar-refractivity contribution in [2.45, 2.75) is 38.6 Å². The minimum Gasteiger partial charge on any atom is -0.301 e. The largest absolute Gasteiger partial charge is 0.301 e. The van der Waals surface area contributed by atoms with E-state index in [1.807, 2.05) is 13.8 Å². The Morgan fingerprint density at radius 3 is 2.33 bits per heavy atom. The minimum absolute atomic E-state index is 0.320. The van der Waals surface area contributed by atoms with Crippen LogP contribution in [0.3, 0.4) is 0 Å². The van der Waals surface area contributed by atoms with Crippen molar-refractivity contribution < 1.29 is 0 Å². The Hall–Kier alpha value is -1.37. The van der Waals surface area contributed by atoms with Crippen LogP contribution < -0.4 is 0 Å². The van der Waals surface area contributed by atoms with Crippen molar-refractivity contribution in [2.24, 2.45) is 0 Å². The van der Waals surface area contributed by atoms with Gasteiger partial charge in [0, 0.05) is 26.2 Å². The summed E-state index contributed by atoms with van der Waals surface area (Å²) in [7, 11) is 0. The van der Waals surface area contributed by atoms with Gasteiger partial charge in [0.25, 0.3) is 0 Å². The third-order valence-corrected chi connectivity index (χ3v) is 4.47. The predicted molar refractivity (Wildman–Crippen MR) is 87.1 cm³/mol. The number of hydrogen-bond acceptors (Lipinski definition) is 3. The first-order valence-corrected chi connectivity index (χ1v) is 8.04. The molecule has 0 spiro atoms. The highest BCUT2D eigenvalue weighted by Crippen LogP contribution is 2.16. The van der Waals surface area contributed by atoms with Crippen LogP contribution in [0.15, 0.2) is 30.3 Å². The molecule has 0 saturated carbocycles. The van der Waals surface area contributed by atoms with Crippen molar-refractivity contribution in [3.63, 3.8) is 0 Å². The van der Waals surface area contributed by atoms with Gasteiger partial charge in [-0.15, -0.1) is 0 Å². The monoisotopic (exact) mass is 285 g/mol. The average molecular weight is 285 g/mol. The predicted octanol–water partition coefficient (Wildman–Crippen LogP) is 2.93. The van der Waals surface area contributed by atoms with Crippen molar-refractivity contribution >= 4 is 0 Å². The molecule has 1 aromatic carbocycles. The fraction of sp³-hybridized carbons (Fsp3) is 0.611. The van der Waals surface area contributed by atoms with E-state index in [2.05, 4.69) is 46.2 Å². The Balaban J connectivity index is 1.62. The quantitative estimate of drug-likeness (QED) is 0.753. The molecule has 3 nitrogen and oxygen atoms in total. The zero-order valence-corrected chi connectivity index (χ0v) is 13.4. The van der Waals surface area contributed by atoms with Crippen LogP contribution in [-0.4, -0.2) is 48.1 Å². The van der Waals surface area contributed by atoms with Crippen molar-refractivity contribution in [1.82, 2.24) is 9.80 Å². The van der Waals surface area contributed by atoms with Gasteiger partial charge in [0.05, 0.1) is 6.07 Å². The molecule has 0 aliphatic carbocycles. The maximum absolute atomic E-state index is 9.19. The zero-order chi connectivity index (χ0) is 15.1. The zero-order valence-electron chi connectivity index (χ0n) is 13.4. The summed E-state index contributed by atoms with van der Waals surface area (Å²) < 4.78 is 0. The Bertz CT molecular complexity index is 453. The normalized spacial score (nSPS) is 17.6. The highest BCUT2D eigenvalue weighted by molar-refractivity contribution is 5.14. The van der Waals surface area contributed by atoms with E-state index in [1.54, 1.807) is 0 Å². The molecule has 2 rings (SSSR count). The van der Waals surface area contributed by atoms with Gasteiger partial charge in [0.2, 0.25) is 0 Å². The van der Waals surface area contributed by atoms with Crippen LogP contribution in [0.25, 0.3) is 0 Å². The van der Waals surface area contributed by atoms with Crippen LogP contribution >= 0.6 is 0 Å². The lowest BCUT2D eigenvalue weighted by Crippen LogP contribution is -2.54. The summed E-state index contributed by atoms with van der Waals surface area (Å²) in [6.45, 7) is 9.43. The number of benzene rings is 1. The van der Waals surface area contributed by atoms with Crippen LogP contribution in [0.5, 0.6) is 0 Å². The van der Waals surface area contributed by atoms with Gasteiger partial charge >= 0.3 is 0 Å². The first-order valence-electron chi connectivity index (χ1n) is 8.04. The summed E-state index contributed by atoms with van der Waals surface area (Å²) in [5.41, 5.74) is 1.12. The van der Waals surface area contributed by atoms with Crippen molar-refractivity contribution in [2.75, 3.05) is 32.7 Å². The number of nitrogens with zero attached hydrogens (tertiary/aromatic N) is 3. The van der Waals surface area contributed by atoms with Gasteiger partial charge in [0.1, 0.15) is 5.54 Å². The first-order chi connectivity index (χ1) is 10.1. The average Bonchev–Trinajstić information content (AvgIpc) is 2.53. The Morgan fingerprint density at radius 2 is 1.71 bits per heavy atom. The molecule has 0 unspecified atom stereocenters. The standard InChI is InChI=1S/C18H27N3/c1-18(2,16-19)21-14-12-20(13-15-21)11-7-6-10-17-8-4-3-5-9-17/h3-5,8-9H,6-7,10-15H2,1-2H3. The van der Waals surface area contributed by atoms with Crippen molar-refractivity contribution in [3.8, 4) is 6.07 Å². The summed E-state index contributed by atoms with van der Waals surface area (Å²) in [6, 6.07) is 13.1. The van der Waals surface area contributed by atoms with Gasteiger partial charge < -0.3 is 4.90 Å². The van der Waals surface area contributed by atoms with Crippen LogP contribution in [0.1, 0.15) is 32.3 Å². The smallest absolute Gasteiger partial charge is 0.103 e. The molecule has 3 heteroatoms. The number of aryl methyl sites for hydroxylation is 1. The van der Waals surface area contributed by atoms with E-state index in [0.29, 0.717) is 0 Å². The molecule has 0 N–H and O–H groups in total. The fourth-order valence-corrected chi connectivity index (χ4v) is 2.91. The summed E-state index contributed by atoms with van der Waals surface area (Å²) >= 11 is 0. The fourth-order valence-electron chi connectivity index (χ4n) is 2.91. The van der Waals surface area contributed by atoms with E-state index in [-0.39, 0.29) is 5.54 Å². The third-order valence-electron chi connectivity index (χ3n) is 4.47. The molecule has 1 aliphatic rings. The van der Waals surface area contributed by atoms with Crippen LogP contribution in [0, 0.1) is 11.3 Å². The molecule has 1 saturated heterocycles. The lowest BCUT2D eigenvalue weighted by Gasteiger charge is -2.40. The molecule has 0 radical (unpaired) electrons. The molecular formula is C18H27N3. The molecule has 21 heavy (non-hydrogen) atoms. The van der Waals surface area contributed by atoms with E-state index in [0.717, 1.165) is 26.2 Å². The minimum atomic E-state index is -0.320. The SMILES string of the molecule is CC(C)(C#N)N1CCN(CCCCc2ccccc2)CC1. The summed E-state index contributed by atoms with van der Waals surface area (Å²) in [5, 5.41) is 9.19. The van der Waals surface area contributed by atoms with Gasteiger partial charge in [-0.2, -0.15) is 5.26 Å². The highest BCUT2D eigenvalue weighted by Gasteiger charge is 2.29. The topological polar surface area (TPSA) is 30.3 Å². The number of piperazine rings is 1. The molecule has 0 atom stereocenters. The van der Waals surface area contributed by atoms with Crippen molar-refractivity contribution in [3.05, 3.63) is 35.9 Å². The van der Waals surface area contributed by atoms with Gasteiger partial charge in [-0.05, 0) is 45.2 Å². The van der Waals surface area contributed by atoms with E-state index in [1.165, 1.54) is 31.4 Å². The molecule has 0 amide bonds. The number of rotatable bonds is 6. The summed E-state index contributed by atoms with van der Waals surface area (Å²) in [5.74, 6) is 0. The highest BCUT2D eigenvalue weighted by atomic mass is 15.3. The maximum atomic E-state index is 9.19. The lowest BCUT2D eigenvalue weighted by molar-refractivity contribution is 0.0793. The van der Waals surface area contributed by atoms with E-state index in [4.69, 9.17) is 0 Å². The summed E-state index contributed by atoms with van der Waals surface area (Å²) in [4.78, 5) is 4.84.